The van der Waals surface area contributed by atoms with Gasteiger partial charge in [0.1, 0.15) is 5.92 Å². The maximum absolute atomic E-state index is 12.6. The summed E-state index contributed by atoms with van der Waals surface area (Å²) in [6.45, 7) is 5.03. The van der Waals surface area contributed by atoms with Crippen LogP contribution in [0.5, 0.6) is 0 Å². The molecular weight excluding hydrogens is 412 g/mol. The highest BCUT2D eigenvalue weighted by Gasteiger charge is 2.57. The van der Waals surface area contributed by atoms with Gasteiger partial charge in [0.25, 0.3) is 0 Å². The fourth-order valence-electron chi connectivity index (χ4n) is 3.33. The van der Waals surface area contributed by atoms with Crippen LogP contribution >= 0.6 is 27.3 Å². The van der Waals surface area contributed by atoms with Crippen LogP contribution < -0.4 is 0 Å². The predicted octanol–water partition coefficient (Wildman–Crippen LogP) is 2.68. The largest absolute Gasteiger partial charge is 0.466 e. The van der Waals surface area contributed by atoms with Gasteiger partial charge in [0.2, 0.25) is 0 Å². The maximum Gasteiger partial charge on any atom is 0.317 e. The second kappa shape index (κ2) is 7.97. The van der Waals surface area contributed by atoms with Gasteiger partial charge in [-0.2, -0.15) is 0 Å². The van der Waals surface area contributed by atoms with Gasteiger partial charge in [-0.3, -0.25) is 14.4 Å². The molecule has 1 aliphatic rings. The van der Waals surface area contributed by atoms with Crippen molar-refractivity contribution < 1.29 is 29.0 Å². The minimum absolute atomic E-state index is 0.129. The Balaban J connectivity index is 2.56. The van der Waals surface area contributed by atoms with Crippen molar-refractivity contribution in [2.45, 2.75) is 38.7 Å². The van der Waals surface area contributed by atoms with E-state index in [0.29, 0.717) is 4.88 Å². The van der Waals surface area contributed by atoms with Crippen LogP contribution in [0, 0.1) is 11.8 Å². The fraction of sp³-hybridized carbons (Fsp3) is 0.588. The number of Topliss-reactive ketones (excluding diaryl/α,β-unsaturated/α-hetero) is 1. The monoisotopic (exact) mass is 432 g/mol. The van der Waals surface area contributed by atoms with E-state index in [1.165, 1.54) is 18.3 Å². The first-order valence-electron chi connectivity index (χ1n) is 8.06. The first-order chi connectivity index (χ1) is 11.7. The van der Waals surface area contributed by atoms with E-state index in [9.17, 15) is 19.5 Å². The lowest BCUT2D eigenvalue weighted by Crippen LogP contribution is -2.55. The van der Waals surface area contributed by atoms with E-state index < -0.39 is 41.1 Å². The first kappa shape index (κ1) is 20.1. The van der Waals surface area contributed by atoms with Crippen molar-refractivity contribution in [3.8, 4) is 0 Å². The van der Waals surface area contributed by atoms with Gasteiger partial charge in [-0.05, 0) is 48.8 Å². The Morgan fingerprint density at radius 1 is 1.28 bits per heavy atom. The molecule has 2 rings (SSSR count). The Hall–Kier alpha value is -1.25. The predicted molar refractivity (Wildman–Crippen MR) is 95.3 cm³/mol. The van der Waals surface area contributed by atoms with Gasteiger partial charge in [-0.1, -0.05) is 0 Å². The number of ether oxygens (including phenoxy) is 2. The second-order valence-electron chi connectivity index (χ2n) is 6.13. The SMILES string of the molecule is CCOC(=O)C1C(=O)CC(C)(O)C(C(=O)OCC)C1c1ccc(Br)s1. The van der Waals surface area contributed by atoms with Gasteiger partial charge in [0.15, 0.2) is 5.78 Å². The standard InChI is InChI=1S/C17H21BrO6S/c1-4-23-15(20)12-9(19)8-17(3,22)14(16(21)24-5-2)13(12)10-6-7-11(18)25-10/h6-7,12-14,22H,4-5,8H2,1-3H3. The number of ketones is 1. The average Bonchev–Trinajstić information content (AvgIpc) is 2.92. The molecule has 0 radical (unpaired) electrons. The molecule has 0 spiro atoms. The Bertz CT molecular complexity index is 668. The Labute approximate surface area is 158 Å². The molecule has 0 amide bonds. The van der Waals surface area contributed by atoms with E-state index in [1.807, 2.05) is 0 Å². The minimum Gasteiger partial charge on any atom is -0.466 e. The summed E-state index contributed by atoms with van der Waals surface area (Å²) in [5, 5.41) is 10.8. The number of carbonyl (C=O) groups excluding carboxylic acids is 3. The molecule has 1 aromatic rings. The lowest BCUT2D eigenvalue weighted by Gasteiger charge is -2.43. The van der Waals surface area contributed by atoms with Crippen molar-refractivity contribution >= 4 is 45.0 Å². The number of rotatable bonds is 5. The summed E-state index contributed by atoms with van der Waals surface area (Å²) in [6.07, 6.45) is -0.303. The molecular formula is C17H21BrO6S. The molecule has 1 saturated carbocycles. The molecule has 0 saturated heterocycles. The van der Waals surface area contributed by atoms with E-state index in [-0.39, 0.29) is 19.6 Å². The lowest BCUT2D eigenvalue weighted by atomic mass is 9.63. The molecule has 4 unspecified atom stereocenters. The van der Waals surface area contributed by atoms with Gasteiger partial charge >= 0.3 is 11.9 Å². The third-order valence-electron chi connectivity index (χ3n) is 4.27. The number of thiophene rings is 1. The molecule has 1 heterocycles. The zero-order valence-corrected chi connectivity index (χ0v) is 16.7. The van der Waals surface area contributed by atoms with Crippen LogP contribution in [0.1, 0.15) is 38.0 Å². The molecule has 0 aromatic carbocycles. The van der Waals surface area contributed by atoms with Gasteiger partial charge in [0, 0.05) is 17.2 Å². The Morgan fingerprint density at radius 3 is 2.40 bits per heavy atom. The molecule has 4 atom stereocenters. The molecule has 138 valence electrons. The maximum atomic E-state index is 12.6. The fourth-order valence-corrected chi connectivity index (χ4v) is 4.93. The van der Waals surface area contributed by atoms with Crippen LogP contribution in [-0.2, 0) is 23.9 Å². The summed E-state index contributed by atoms with van der Waals surface area (Å²) in [6, 6.07) is 3.52. The zero-order chi connectivity index (χ0) is 18.8. The van der Waals surface area contributed by atoms with Crippen LogP contribution in [0.25, 0.3) is 0 Å². The number of esters is 2. The van der Waals surface area contributed by atoms with Gasteiger partial charge in [-0.15, -0.1) is 11.3 Å². The molecule has 1 fully saturated rings. The average molecular weight is 433 g/mol. The van der Waals surface area contributed by atoms with E-state index in [0.717, 1.165) is 3.79 Å². The van der Waals surface area contributed by atoms with Crippen LogP contribution in [0.4, 0.5) is 0 Å². The molecule has 0 aliphatic heterocycles. The van der Waals surface area contributed by atoms with E-state index >= 15 is 0 Å². The topological polar surface area (TPSA) is 89.9 Å². The Kier molecular flexibility index (Phi) is 6.40. The quantitative estimate of drug-likeness (QED) is 0.568. The van der Waals surface area contributed by atoms with Crippen LogP contribution in [-0.4, -0.2) is 41.6 Å². The van der Waals surface area contributed by atoms with Crippen molar-refractivity contribution in [3.63, 3.8) is 0 Å². The number of halogens is 1. The highest BCUT2D eigenvalue weighted by atomic mass is 79.9. The molecule has 8 heteroatoms. The number of hydrogen-bond acceptors (Lipinski definition) is 7. The first-order valence-corrected chi connectivity index (χ1v) is 9.67. The molecule has 6 nitrogen and oxygen atoms in total. The summed E-state index contributed by atoms with van der Waals surface area (Å²) in [7, 11) is 0. The van der Waals surface area contributed by atoms with Crippen LogP contribution in [0.2, 0.25) is 0 Å². The Morgan fingerprint density at radius 2 is 1.88 bits per heavy atom. The van der Waals surface area contributed by atoms with Crippen molar-refractivity contribution in [3.05, 3.63) is 20.8 Å². The summed E-state index contributed by atoms with van der Waals surface area (Å²) in [5.41, 5.74) is -1.60. The third-order valence-corrected chi connectivity index (χ3v) is 6.00. The van der Waals surface area contributed by atoms with E-state index in [1.54, 1.807) is 26.0 Å². The summed E-state index contributed by atoms with van der Waals surface area (Å²) in [5.74, 6) is -4.73. The van der Waals surface area contributed by atoms with Gasteiger partial charge < -0.3 is 14.6 Å². The number of carbonyl (C=O) groups is 3. The molecule has 1 aromatic heterocycles. The lowest BCUT2D eigenvalue weighted by molar-refractivity contribution is -0.172. The molecule has 1 aliphatic carbocycles. The van der Waals surface area contributed by atoms with Crippen LogP contribution in [0.3, 0.4) is 0 Å². The number of hydrogen-bond donors (Lipinski definition) is 1. The smallest absolute Gasteiger partial charge is 0.317 e. The van der Waals surface area contributed by atoms with Crippen LogP contribution in [0.15, 0.2) is 15.9 Å². The number of aliphatic hydroxyl groups is 1. The van der Waals surface area contributed by atoms with E-state index in [4.69, 9.17) is 9.47 Å². The normalized spacial score (nSPS) is 29.3. The van der Waals surface area contributed by atoms with Crippen molar-refractivity contribution in [2.75, 3.05) is 13.2 Å². The zero-order valence-electron chi connectivity index (χ0n) is 14.3. The highest BCUT2D eigenvalue weighted by molar-refractivity contribution is 9.11. The van der Waals surface area contributed by atoms with Gasteiger partial charge in [0.05, 0.1) is 28.5 Å². The molecule has 25 heavy (non-hydrogen) atoms. The second-order valence-corrected chi connectivity index (χ2v) is 8.62. The summed E-state index contributed by atoms with van der Waals surface area (Å²) < 4.78 is 11.0. The highest BCUT2D eigenvalue weighted by Crippen LogP contribution is 2.48. The van der Waals surface area contributed by atoms with Crippen molar-refractivity contribution in [1.29, 1.82) is 0 Å². The van der Waals surface area contributed by atoms with E-state index in [2.05, 4.69) is 15.9 Å². The third kappa shape index (κ3) is 4.12. The summed E-state index contributed by atoms with van der Waals surface area (Å²) >= 11 is 4.67. The molecule has 0 bridgehead atoms. The van der Waals surface area contributed by atoms with Crippen molar-refractivity contribution in [1.82, 2.24) is 0 Å². The van der Waals surface area contributed by atoms with Gasteiger partial charge in [-0.25, -0.2) is 0 Å². The van der Waals surface area contributed by atoms with Crippen molar-refractivity contribution in [2.24, 2.45) is 11.8 Å². The minimum atomic E-state index is -1.60. The summed E-state index contributed by atoms with van der Waals surface area (Å²) in [4.78, 5) is 38.3. The molecule has 1 N–H and O–H groups in total.